The number of rotatable bonds is 7. The van der Waals surface area contributed by atoms with Crippen molar-refractivity contribution in [1.82, 2.24) is 9.66 Å². The first-order chi connectivity index (χ1) is 19.3. The van der Waals surface area contributed by atoms with E-state index in [-0.39, 0.29) is 18.1 Å². The SMILES string of the molecule is O=C(COc1c(Br)cc(Cl)cc1C=Nn1c(C2CCCCC2)nc2ccc(Br)cc2c1=O)Nc1cccc(F)c1. The Morgan fingerprint density at radius 1 is 1.15 bits per heavy atom. The molecule has 0 spiro atoms. The molecule has 0 aliphatic heterocycles. The molecule has 1 heterocycles. The number of nitrogens with one attached hydrogen (secondary N) is 1. The molecule has 1 aliphatic rings. The third-order valence-electron chi connectivity index (χ3n) is 6.61. The first kappa shape index (κ1) is 28.4. The van der Waals surface area contributed by atoms with Gasteiger partial charge in [-0.3, -0.25) is 9.59 Å². The van der Waals surface area contributed by atoms with Gasteiger partial charge >= 0.3 is 0 Å². The fourth-order valence-electron chi connectivity index (χ4n) is 4.75. The molecule has 5 rings (SSSR count). The van der Waals surface area contributed by atoms with Crippen LogP contribution in [0.25, 0.3) is 10.9 Å². The number of hydrogen-bond donors (Lipinski definition) is 1. The summed E-state index contributed by atoms with van der Waals surface area (Å²) in [4.78, 5) is 31.0. The molecule has 206 valence electrons. The van der Waals surface area contributed by atoms with Crippen molar-refractivity contribution in [2.45, 2.75) is 38.0 Å². The zero-order valence-corrected chi connectivity index (χ0v) is 25.1. The molecule has 0 atom stereocenters. The highest BCUT2D eigenvalue weighted by Gasteiger charge is 2.23. The van der Waals surface area contributed by atoms with Gasteiger partial charge < -0.3 is 10.1 Å². The second-order valence-corrected chi connectivity index (χ2v) is 11.7. The number of carbonyl (C=O) groups excluding carboxylic acids is 1. The van der Waals surface area contributed by atoms with Crippen LogP contribution in [0.5, 0.6) is 5.75 Å². The summed E-state index contributed by atoms with van der Waals surface area (Å²) in [6, 6.07) is 14.3. The summed E-state index contributed by atoms with van der Waals surface area (Å²) in [5.74, 6) is 0.103. The number of ether oxygens (including phenoxy) is 1. The van der Waals surface area contributed by atoms with Crippen LogP contribution in [0, 0.1) is 5.82 Å². The van der Waals surface area contributed by atoms with Gasteiger partial charge in [-0.1, -0.05) is 52.9 Å². The topological polar surface area (TPSA) is 85.6 Å². The van der Waals surface area contributed by atoms with Crippen LogP contribution in [0.4, 0.5) is 10.1 Å². The molecule has 4 aromatic rings. The number of amides is 1. The maximum Gasteiger partial charge on any atom is 0.282 e. The van der Waals surface area contributed by atoms with E-state index in [9.17, 15) is 14.0 Å². The summed E-state index contributed by atoms with van der Waals surface area (Å²) in [5, 5.41) is 8.03. The molecular weight excluding hydrogens is 667 g/mol. The molecule has 1 aliphatic carbocycles. The highest BCUT2D eigenvalue weighted by Crippen LogP contribution is 2.34. The summed E-state index contributed by atoms with van der Waals surface area (Å²) >= 11 is 13.2. The maximum absolute atomic E-state index is 13.6. The Morgan fingerprint density at radius 2 is 1.95 bits per heavy atom. The minimum Gasteiger partial charge on any atom is -0.482 e. The Hall–Kier alpha value is -3.08. The van der Waals surface area contributed by atoms with E-state index in [4.69, 9.17) is 21.3 Å². The van der Waals surface area contributed by atoms with E-state index >= 15 is 0 Å². The van der Waals surface area contributed by atoms with Crippen molar-refractivity contribution in [3.63, 3.8) is 0 Å². The molecule has 1 N–H and O–H groups in total. The van der Waals surface area contributed by atoms with Gasteiger partial charge in [0.15, 0.2) is 6.61 Å². The lowest BCUT2D eigenvalue weighted by atomic mass is 9.88. The fraction of sp³-hybridized carbons (Fsp3) is 0.241. The van der Waals surface area contributed by atoms with Crippen molar-refractivity contribution in [1.29, 1.82) is 0 Å². The van der Waals surface area contributed by atoms with E-state index < -0.39 is 11.7 Å². The summed E-state index contributed by atoms with van der Waals surface area (Å²) in [6.45, 7) is -0.351. The van der Waals surface area contributed by atoms with Crippen LogP contribution in [0.2, 0.25) is 5.02 Å². The summed E-state index contributed by atoms with van der Waals surface area (Å²) in [5.41, 5.74) is 1.12. The Morgan fingerprint density at radius 3 is 2.73 bits per heavy atom. The molecule has 0 bridgehead atoms. The van der Waals surface area contributed by atoms with Gasteiger partial charge in [-0.15, -0.1) is 0 Å². The number of fused-ring (bicyclic) bond motifs is 1. The lowest BCUT2D eigenvalue weighted by molar-refractivity contribution is -0.118. The van der Waals surface area contributed by atoms with E-state index in [1.807, 2.05) is 12.1 Å². The first-order valence-corrected chi connectivity index (χ1v) is 14.7. The number of nitrogens with zero attached hydrogens (tertiary/aromatic N) is 3. The smallest absolute Gasteiger partial charge is 0.282 e. The third-order valence-corrected chi connectivity index (χ3v) is 7.91. The predicted octanol–water partition coefficient (Wildman–Crippen LogP) is 7.66. The Balaban J connectivity index is 1.48. The number of carbonyl (C=O) groups is 1. The number of benzene rings is 3. The number of anilines is 1. The Bertz CT molecular complexity index is 1670. The van der Waals surface area contributed by atoms with Crippen molar-refractivity contribution in [3.05, 3.63) is 96.1 Å². The molecule has 0 unspecified atom stereocenters. The van der Waals surface area contributed by atoms with Crippen LogP contribution in [0.15, 0.2) is 73.4 Å². The zero-order valence-electron chi connectivity index (χ0n) is 21.2. The molecule has 0 saturated heterocycles. The molecular formula is C29H24Br2ClFN4O3. The van der Waals surface area contributed by atoms with E-state index in [1.165, 1.54) is 29.1 Å². The average Bonchev–Trinajstić information content (AvgIpc) is 2.92. The lowest BCUT2D eigenvalue weighted by Gasteiger charge is -2.22. The number of halogens is 4. The molecule has 1 fully saturated rings. The van der Waals surface area contributed by atoms with Crippen LogP contribution in [0.1, 0.15) is 49.4 Å². The van der Waals surface area contributed by atoms with Crippen LogP contribution < -0.4 is 15.6 Å². The first-order valence-electron chi connectivity index (χ1n) is 12.7. The van der Waals surface area contributed by atoms with Crippen LogP contribution >= 0.6 is 43.5 Å². The summed E-state index contributed by atoms with van der Waals surface area (Å²) in [7, 11) is 0. The van der Waals surface area contributed by atoms with Crippen LogP contribution in [-0.4, -0.2) is 28.4 Å². The highest BCUT2D eigenvalue weighted by molar-refractivity contribution is 9.10. The quantitative estimate of drug-likeness (QED) is 0.202. The molecule has 1 saturated carbocycles. The predicted molar refractivity (Wildman–Crippen MR) is 162 cm³/mol. The normalized spacial score (nSPS) is 14.1. The number of aromatic nitrogens is 2. The van der Waals surface area contributed by atoms with E-state index in [0.29, 0.717) is 43.2 Å². The van der Waals surface area contributed by atoms with Gasteiger partial charge in [0.2, 0.25) is 0 Å². The summed E-state index contributed by atoms with van der Waals surface area (Å²) < 4.78 is 21.9. The van der Waals surface area contributed by atoms with Gasteiger partial charge in [0, 0.05) is 26.7 Å². The zero-order chi connectivity index (χ0) is 28.2. The van der Waals surface area contributed by atoms with Gasteiger partial charge in [0.05, 0.1) is 21.6 Å². The van der Waals surface area contributed by atoms with Crippen molar-refractivity contribution in [2.24, 2.45) is 5.10 Å². The monoisotopic (exact) mass is 688 g/mol. The van der Waals surface area contributed by atoms with Crippen LogP contribution in [0.3, 0.4) is 0 Å². The minimum absolute atomic E-state index is 0.111. The number of hydrogen-bond acceptors (Lipinski definition) is 5. The van der Waals surface area contributed by atoms with Crippen molar-refractivity contribution in [2.75, 3.05) is 11.9 Å². The van der Waals surface area contributed by atoms with Gasteiger partial charge in [-0.2, -0.15) is 9.78 Å². The lowest BCUT2D eigenvalue weighted by Crippen LogP contribution is -2.25. The molecule has 3 aromatic carbocycles. The molecule has 1 aromatic heterocycles. The van der Waals surface area contributed by atoms with Crippen molar-refractivity contribution >= 4 is 72.2 Å². The van der Waals surface area contributed by atoms with Crippen molar-refractivity contribution in [3.8, 4) is 5.75 Å². The van der Waals surface area contributed by atoms with Gasteiger partial charge in [-0.25, -0.2) is 9.37 Å². The maximum atomic E-state index is 13.6. The Labute approximate surface area is 251 Å². The minimum atomic E-state index is -0.476. The van der Waals surface area contributed by atoms with E-state index in [1.54, 1.807) is 24.3 Å². The van der Waals surface area contributed by atoms with Crippen molar-refractivity contribution < 1.29 is 13.9 Å². The molecule has 7 nitrogen and oxygen atoms in total. The van der Waals surface area contributed by atoms with Crippen LogP contribution in [-0.2, 0) is 4.79 Å². The Kier molecular flexibility index (Phi) is 8.97. The molecule has 0 radical (unpaired) electrons. The molecule has 1 amide bonds. The van der Waals surface area contributed by atoms with E-state index in [2.05, 4.69) is 42.3 Å². The average molecular weight is 691 g/mol. The summed E-state index contributed by atoms with van der Waals surface area (Å²) in [6.07, 6.45) is 6.65. The second-order valence-electron chi connectivity index (χ2n) is 9.48. The van der Waals surface area contributed by atoms with Gasteiger partial charge in [0.25, 0.3) is 11.5 Å². The fourth-order valence-corrected chi connectivity index (χ4v) is 6.06. The highest BCUT2D eigenvalue weighted by atomic mass is 79.9. The third kappa shape index (κ3) is 6.62. The van der Waals surface area contributed by atoms with E-state index in [0.717, 1.165) is 36.6 Å². The van der Waals surface area contributed by atoms with Gasteiger partial charge in [-0.05, 0) is 77.3 Å². The van der Waals surface area contributed by atoms with Gasteiger partial charge in [0.1, 0.15) is 17.4 Å². The molecule has 11 heteroatoms. The largest absolute Gasteiger partial charge is 0.482 e. The standard InChI is InChI=1S/C29H24Br2ClFN4O3/c30-19-9-10-25-23(12-19)29(39)37(28(36-25)17-5-2-1-3-6-17)34-15-18-11-20(32)13-24(31)27(18)40-16-26(38)35-22-8-4-7-21(33)14-22/h4,7-15,17H,1-3,5-6,16H2,(H,35,38). The second kappa shape index (κ2) is 12.6. The molecule has 40 heavy (non-hydrogen) atoms.